The number of fused-ring (bicyclic) bond motifs is 5. The highest BCUT2D eigenvalue weighted by Crippen LogP contribution is 2.57. The highest BCUT2D eigenvalue weighted by atomic mass is 16.3. The highest BCUT2D eigenvalue weighted by molar-refractivity contribution is 6.27. The topological polar surface area (TPSA) is 116 Å². The van der Waals surface area contributed by atoms with E-state index >= 15 is 0 Å². The van der Waals surface area contributed by atoms with Crippen LogP contribution in [-0.2, 0) is 14.4 Å². The zero-order valence-electron chi connectivity index (χ0n) is 21.1. The summed E-state index contributed by atoms with van der Waals surface area (Å²) in [6.45, 7) is 4.92. The van der Waals surface area contributed by atoms with E-state index in [-0.39, 0.29) is 29.1 Å². The van der Waals surface area contributed by atoms with Gasteiger partial charge >= 0.3 is 0 Å². The second-order valence-corrected chi connectivity index (χ2v) is 10.6. The quantitative estimate of drug-likeness (QED) is 0.418. The monoisotopic (exact) mass is 494 g/mol. The molecule has 0 aromatic carbocycles. The Kier molecular flexibility index (Phi) is 8.29. The molecule has 0 aromatic rings. The number of amides is 2. The number of rotatable bonds is 1. The number of hydrogen-bond acceptors (Lipinski definition) is 5. The van der Waals surface area contributed by atoms with E-state index in [1.807, 2.05) is 6.08 Å². The van der Waals surface area contributed by atoms with Gasteiger partial charge in [0.1, 0.15) is 11.3 Å². The van der Waals surface area contributed by atoms with Crippen LogP contribution in [0.1, 0.15) is 46.0 Å². The van der Waals surface area contributed by atoms with Crippen molar-refractivity contribution in [2.45, 2.75) is 58.1 Å². The first-order valence-electron chi connectivity index (χ1n) is 13.3. The standard InChI is InChI=1S/C29H38N2O5/c1-3-18-15-20-16-19-9-4-7-13-24(34)30-14-8-10-21-28(35)27(29(36)31-21)23(33)12-6-5-11-22(32)26(19)25(20)17(18)2/h4-7,9,11-13,17-22,25-26,32-33H,3,8,10,14-16H2,1-2H3,(H,30,34)(H,31,36)/b9-4+,11-5+,12-6+,13-7+,27-23?/t17-,18-,19+,20+,21?,22+,25+,26-/m0/s1. The zero-order valence-corrected chi connectivity index (χ0v) is 21.1. The number of Topliss-reactive ketones (excluding diaryl/α,β-unsaturated/α-hetero) is 1. The molecule has 2 aliphatic heterocycles. The number of ketones is 1. The first-order valence-corrected chi connectivity index (χ1v) is 13.3. The lowest BCUT2D eigenvalue weighted by atomic mass is 9.76. The fourth-order valence-corrected chi connectivity index (χ4v) is 6.93. The summed E-state index contributed by atoms with van der Waals surface area (Å²) in [6, 6.07) is -0.714. The van der Waals surface area contributed by atoms with E-state index in [4.69, 9.17) is 0 Å². The minimum Gasteiger partial charge on any atom is -0.507 e. The van der Waals surface area contributed by atoms with Gasteiger partial charge in [0.25, 0.3) is 5.91 Å². The van der Waals surface area contributed by atoms with Crippen LogP contribution in [0.5, 0.6) is 0 Å². The Balaban J connectivity index is 1.60. The van der Waals surface area contributed by atoms with Crippen LogP contribution in [-0.4, -0.2) is 46.5 Å². The third-order valence-electron chi connectivity index (χ3n) is 8.64. The van der Waals surface area contributed by atoms with Crippen LogP contribution in [0.2, 0.25) is 0 Å². The van der Waals surface area contributed by atoms with Gasteiger partial charge in [0, 0.05) is 12.6 Å². The fraction of sp³-hybridized carbons (Fsp3) is 0.552. The molecule has 4 aliphatic rings. The van der Waals surface area contributed by atoms with Crippen molar-refractivity contribution < 1.29 is 24.6 Å². The number of aliphatic hydroxyl groups excluding tert-OH is 2. The normalized spacial score (nSPS) is 41.1. The Morgan fingerprint density at radius 2 is 1.75 bits per heavy atom. The lowest BCUT2D eigenvalue weighted by molar-refractivity contribution is -0.118. The molecule has 2 bridgehead atoms. The average Bonchev–Trinajstić information content (AvgIpc) is 3.45. The van der Waals surface area contributed by atoms with Gasteiger partial charge in [-0.3, -0.25) is 14.4 Å². The van der Waals surface area contributed by atoms with Crippen LogP contribution in [0.4, 0.5) is 0 Å². The molecule has 7 heteroatoms. The van der Waals surface area contributed by atoms with Crippen LogP contribution in [0.3, 0.4) is 0 Å². The Bertz CT molecular complexity index is 1020. The summed E-state index contributed by atoms with van der Waals surface area (Å²) in [4.78, 5) is 37.1. The Hall–Kier alpha value is -2.93. The summed E-state index contributed by atoms with van der Waals surface area (Å²) >= 11 is 0. The number of carbonyl (C=O) groups is 3. The maximum absolute atomic E-state index is 12.6. The van der Waals surface area contributed by atoms with Crippen molar-refractivity contribution in [1.29, 1.82) is 0 Å². The predicted octanol–water partition coefficient (Wildman–Crippen LogP) is 3.30. The molecule has 194 valence electrons. The average molecular weight is 495 g/mol. The molecule has 36 heavy (non-hydrogen) atoms. The second kappa shape index (κ2) is 11.4. The molecule has 2 heterocycles. The first-order chi connectivity index (χ1) is 17.3. The Labute approximate surface area is 213 Å². The van der Waals surface area contributed by atoms with Crippen LogP contribution in [0.25, 0.3) is 0 Å². The van der Waals surface area contributed by atoms with Crippen molar-refractivity contribution in [1.82, 2.24) is 10.6 Å². The van der Waals surface area contributed by atoms with Crippen molar-refractivity contribution in [2.24, 2.45) is 35.5 Å². The van der Waals surface area contributed by atoms with Crippen molar-refractivity contribution in [3.05, 3.63) is 59.9 Å². The lowest BCUT2D eigenvalue weighted by Gasteiger charge is -2.30. The Morgan fingerprint density at radius 3 is 2.53 bits per heavy atom. The van der Waals surface area contributed by atoms with Crippen LogP contribution >= 0.6 is 0 Å². The molecule has 2 amide bonds. The van der Waals surface area contributed by atoms with E-state index in [2.05, 4.69) is 30.6 Å². The van der Waals surface area contributed by atoms with Gasteiger partial charge in [-0.25, -0.2) is 0 Å². The maximum Gasteiger partial charge on any atom is 0.259 e. The van der Waals surface area contributed by atoms with E-state index in [0.717, 1.165) is 12.8 Å². The molecule has 0 radical (unpaired) electrons. The largest absolute Gasteiger partial charge is 0.507 e. The summed E-state index contributed by atoms with van der Waals surface area (Å²) in [5.74, 6) is 0.815. The Morgan fingerprint density at radius 1 is 1.00 bits per heavy atom. The van der Waals surface area contributed by atoms with Crippen molar-refractivity contribution in [3.8, 4) is 0 Å². The fourth-order valence-electron chi connectivity index (χ4n) is 6.93. The molecule has 7 nitrogen and oxygen atoms in total. The summed E-state index contributed by atoms with van der Waals surface area (Å²) in [5.41, 5.74) is -0.249. The molecular formula is C29H38N2O5. The van der Waals surface area contributed by atoms with E-state index < -0.39 is 23.8 Å². The number of carbonyl (C=O) groups excluding carboxylic acids is 3. The third kappa shape index (κ3) is 5.41. The van der Waals surface area contributed by atoms with Gasteiger partial charge in [-0.05, 0) is 67.3 Å². The molecule has 2 aliphatic carbocycles. The molecule has 1 unspecified atom stereocenters. The van der Waals surface area contributed by atoms with Crippen molar-refractivity contribution in [2.75, 3.05) is 6.54 Å². The van der Waals surface area contributed by atoms with Gasteiger partial charge in [0.05, 0.1) is 12.1 Å². The smallest absolute Gasteiger partial charge is 0.259 e. The van der Waals surface area contributed by atoms with Crippen LogP contribution < -0.4 is 10.6 Å². The van der Waals surface area contributed by atoms with Crippen LogP contribution in [0, 0.1) is 35.5 Å². The molecule has 4 N–H and O–H groups in total. The van der Waals surface area contributed by atoms with E-state index in [1.165, 1.54) is 18.6 Å². The van der Waals surface area contributed by atoms with Gasteiger partial charge in [0.15, 0.2) is 5.78 Å². The lowest BCUT2D eigenvalue weighted by Crippen LogP contribution is -2.31. The van der Waals surface area contributed by atoms with Gasteiger partial charge in [-0.15, -0.1) is 0 Å². The SMILES string of the molecule is CC[C@H]1C[C@@H]2C[C@H]3/C=C/C=C/C(=O)NCCCC4NC(=O)C(=C(O)/C=C/C=C/[C@@H](O)[C@H]3[C@@H]2[C@H]1C)C4=O. The van der Waals surface area contributed by atoms with Gasteiger partial charge < -0.3 is 20.8 Å². The number of nitrogens with one attached hydrogen (secondary N) is 2. The summed E-state index contributed by atoms with van der Waals surface area (Å²) in [5, 5.41) is 27.0. The molecule has 3 fully saturated rings. The van der Waals surface area contributed by atoms with Gasteiger partial charge in [-0.1, -0.05) is 56.7 Å². The summed E-state index contributed by atoms with van der Waals surface area (Å²) in [7, 11) is 0. The number of aliphatic hydroxyl groups is 2. The summed E-state index contributed by atoms with van der Waals surface area (Å²) < 4.78 is 0. The molecule has 8 atom stereocenters. The molecule has 0 aromatic heterocycles. The number of hydrogen-bond donors (Lipinski definition) is 4. The third-order valence-corrected chi connectivity index (χ3v) is 8.64. The van der Waals surface area contributed by atoms with E-state index in [0.29, 0.717) is 43.1 Å². The van der Waals surface area contributed by atoms with Crippen LogP contribution in [0.15, 0.2) is 59.9 Å². The number of allylic oxidation sites excluding steroid dienone is 6. The first kappa shape index (κ1) is 26.1. The highest BCUT2D eigenvalue weighted by Gasteiger charge is 2.52. The molecule has 2 saturated carbocycles. The van der Waals surface area contributed by atoms with Crippen molar-refractivity contribution in [3.63, 3.8) is 0 Å². The van der Waals surface area contributed by atoms with Gasteiger partial charge in [0.2, 0.25) is 5.91 Å². The van der Waals surface area contributed by atoms with E-state index in [1.54, 1.807) is 24.3 Å². The van der Waals surface area contributed by atoms with Gasteiger partial charge in [-0.2, -0.15) is 0 Å². The minimum absolute atomic E-state index is 0.0603. The molecule has 1 saturated heterocycles. The minimum atomic E-state index is -0.714. The summed E-state index contributed by atoms with van der Waals surface area (Å²) in [6.07, 6.45) is 17.1. The zero-order chi connectivity index (χ0) is 25.8. The van der Waals surface area contributed by atoms with E-state index in [9.17, 15) is 24.6 Å². The predicted molar refractivity (Wildman–Crippen MR) is 138 cm³/mol. The van der Waals surface area contributed by atoms with Crippen molar-refractivity contribution >= 4 is 17.6 Å². The maximum atomic E-state index is 12.6. The molecule has 0 spiro atoms. The molecule has 4 rings (SSSR count). The molecular weight excluding hydrogens is 456 g/mol. The second-order valence-electron chi connectivity index (χ2n) is 10.6.